The molecular weight excluding hydrogens is 308 g/mol. The Morgan fingerprint density at radius 2 is 1.74 bits per heavy atom. The quantitative estimate of drug-likeness (QED) is 0.361. The number of Topliss-reactive ketones (excluding diaryl/α,β-unsaturated/α-hetero) is 1. The molecule has 9 heteroatoms. The molecule has 2 heterocycles. The standard InChI is InChI=1S/C14H24N2O7/c1-5-4-6(17)14(20)13(21-5)22-12-10(19)7(15-2)9(18)8(16-3)11(12)23-14/h5,7-13,15-16,18-20H,4H2,1-3H3/t5-,7-,8+,9+,10-,11+,12+,13+,14-/m0/s1. The molecule has 0 bridgehead atoms. The number of rotatable bonds is 2. The van der Waals surface area contributed by atoms with Crippen LogP contribution >= 0.6 is 0 Å². The van der Waals surface area contributed by atoms with E-state index in [2.05, 4.69) is 10.6 Å². The number of fused-ring (bicyclic) bond motifs is 2. The maximum absolute atomic E-state index is 12.2. The number of hydrogen-bond donors (Lipinski definition) is 5. The van der Waals surface area contributed by atoms with Crippen LogP contribution in [0.1, 0.15) is 13.3 Å². The third kappa shape index (κ3) is 2.52. The number of aliphatic hydroxyl groups excluding tert-OH is 2. The zero-order chi connectivity index (χ0) is 16.9. The Kier molecular flexibility index (Phi) is 4.49. The first-order valence-corrected chi connectivity index (χ1v) is 7.78. The van der Waals surface area contributed by atoms with E-state index in [1.54, 1.807) is 21.0 Å². The van der Waals surface area contributed by atoms with Gasteiger partial charge in [-0.25, -0.2) is 0 Å². The lowest BCUT2D eigenvalue weighted by molar-refractivity contribution is -0.420. The van der Waals surface area contributed by atoms with Crippen molar-refractivity contribution in [3.8, 4) is 0 Å². The fourth-order valence-corrected chi connectivity index (χ4v) is 3.68. The van der Waals surface area contributed by atoms with Crippen molar-refractivity contribution < 1.29 is 34.3 Å². The van der Waals surface area contributed by atoms with E-state index in [1.165, 1.54) is 0 Å². The highest BCUT2D eigenvalue weighted by Gasteiger charge is 2.63. The number of aliphatic hydroxyl groups is 3. The molecule has 3 aliphatic rings. The van der Waals surface area contributed by atoms with Gasteiger partial charge in [0.25, 0.3) is 5.79 Å². The van der Waals surface area contributed by atoms with Crippen molar-refractivity contribution in [1.82, 2.24) is 10.6 Å². The van der Waals surface area contributed by atoms with Crippen LogP contribution in [-0.2, 0) is 19.0 Å². The predicted octanol–water partition coefficient (Wildman–Crippen LogP) is -2.93. The fraction of sp³-hybridized carbons (Fsp3) is 0.929. The van der Waals surface area contributed by atoms with Crippen LogP contribution in [0, 0.1) is 0 Å². The molecule has 0 aromatic heterocycles. The van der Waals surface area contributed by atoms with E-state index in [1.807, 2.05) is 0 Å². The Hall–Kier alpha value is -0.650. The van der Waals surface area contributed by atoms with Crippen LogP contribution in [0.15, 0.2) is 0 Å². The number of nitrogens with one attached hydrogen (secondary N) is 2. The average Bonchev–Trinajstić information content (AvgIpc) is 2.49. The van der Waals surface area contributed by atoms with E-state index < -0.39 is 60.5 Å². The van der Waals surface area contributed by atoms with Crippen molar-refractivity contribution in [2.24, 2.45) is 0 Å². The van der Waals surface area contributed by atoms with Crippen LogP contribution in [0.2, 0.25) is 0 Å². The number of carbonyl (C=O) groups is 1. The molecular formula is C14H24N2O7. The Balaban J connectivity index is 1.92. The molecule has 0 amide bonds. The third-order valence-electron chi connectivity index (χ3n) is 4.93. The zero-order valence-corrected chi connectivity index (χ0v) is 13.3. The molecule has 0 aromatic rings. The summed E-state index contributed by atoms with van der Waals surface area (Å²) in [6.45, 7) is 1.70. The summed E-state index contributed by atoms with van der Waals surface area (Å²) in [5.41, 5.74) is 0. The highest BCUT2D eigenvalue weighted by molar-refractivity contribution is 5.87. The maximum atomic E-state index is 12.2. The van der Waals surface area contributed by atoms with Crippen molar-refractivity contribution >= 4 is 5.78 Å². The van der Waals surface area contributed by atoms with Gasteiger partial charge in [-0.05, 0) is 21.0 Å². The van der Waals surface area contributed by atoms with E-state index in [-0.39, 0.29) is 6.42 Å². The topological polar surface area (TPSA) is 130 Å². The monoisotopic (exact) mass is 332 g/mol. The van der Waals surface area contributed by atoms with E-state index in [0.717, 1.165) is 0 Å². The molecule has 2 aliphatic heterocycles. The first-order valence-electron chi connectivity index (χ1n) is 7.78. The zero-order valence-electron chi connectivity index (χ0n) is 13.3. The largest absolute Gasteiger partial charge is 0.390 e. The molecule has 0 aromatic carbocycles. The highest BCUT2D eigenvalue weighted by atomic mass is 16.8. The van der Waals surface area contributed by atoms with Gasteiger partial charge in [0.2, 0.25) is 6.29 Å². The molecule has 1 saturated carbocycles. The smallest absolute Gasteiger partial charge is 0.280 e. The fourth-order valence-electron chi connectivity index (χ4n) is 3.68. The molecule has 0 radical (unpaired) electrons. The minimum Gasteiger partial charge on any atom is -0.390 e. The second-order valence-corrected chi connectivity index (χ2v) is 6.40. The van der Waals surface area contributed by atoms with Gasteiger partial charge >= 0.3 is 0 Å². The Bertz CT molecular complexity index is 478. The lowest BCUT2D eigenvalue weighted by Gasteiger charge is -2.55. The maximum Gasteiger partial charge on any atom is 0.280 e. The van der Waals surface area contributed by atoms with Gasteiger partial charge in [-0.1, -0.05) is 0 Å². The summed E-state index contributed by atoms with van der Waals surface area (Å²) >= 11 is 0. The molecule has 5 N–H and O–H groups in total. The first-order chi connectivity index (χ1) is 10.8. The van der Waals surface area contributed by atoms with E-state index in [9.17, 15) is 20.1 Å². The Morgan fingerprint density at radius 3 is 2.35 bits per heavy atom. The number of ketones is 1. The minimum atomic E-state index is -2.23. The molecule has 3 fully saturated rings. The molecule has 9 nitrogen and oxygen atoms in total. The summed E-state index contributed by atoms with van der Waals surface area (Å²) in [6, 6.07) is -1.29. The third-order valence-corrected chi connectivity index (χ3v) is 4.93. The molecule has 0 unspecified atom stereocenters. The van der Waals surface area contributed by atoms with Crippen LogP contribution in [0.25, 0.3) is 0 Å². The van der Waals surface area contributed by atoms with Gasteiger partial charge in [-0.2, -0.15) is 0 Å². The molecule has 0 spiro atoms. The SMILES string of the molecule is CN[C@H]1[C@@H](O)[C@@H](NC)[C@H]2O[C@@]3(O)C(=O)C[C@H](C)O[C@@H]3O[C@@H]2[C@H]1O. The molecule has 23 heavy (non-hydrogen) atoms. The van der Waals surface area contributed by atoms with E-state index in [4.69, 9.17) is 14.2 Å². The summed E-state index contributed by atoms with van der Waals surface area (Å²) in [6.07, 6.45) is -5.58. The van der Waals surface area contributed by atoms with E-state index in [0.29, 0.717) is 0 Å². The minimum absolute atomic E-state index is 0.00220. The molecule has 3 rings (SSSR count). The second kappa shape index (κ2) is 6.01. The van der Waals surface area contributed by atoms with Crippen molar-refractivity contribution in [2.45, 2.75) is 68.0 Å². The highest BCUT2D eigenvalue weighted by Crippen LogP contribution is 2.40. The van der Waals surface area contributed by atoms with Gasteiger partial charge in [0.15, 0.2) is 5.78 Å². The Labute approximate surface area is 133 Å². The number of likely N-dealkylation sites (N-methyl/N-ethyl adjacent to an activating group) is 2. The summed E-state index contributed by atoms with van der Waals surface area (Å²) < 4.78 is 16.8. The van der Waals surface area contributed by atoms with Gasteiger partial charge in [0, 0.05) is 6.42 Å². The number of hydrogen-bond acceptors (Lipinski definition) is 9. The number of ether oxygens (including phenoxy) is 3. The number of carbonyl (C=O) groups excluding carboxylic acids is 1. The average molecular weight is 332 g/mol. The molecule has 9 atom stereocenters. The van der Waals surface area contributed by atoms with Crippen LogP contribution in [-0.4, -0.2) is 89.9 Å². The van der Waals surface area contributed by atoms with Gasteiger partial charge < -0.3 is 40.2 Å². The van der Waals surface area contributed by atoms with Gasteiger partial charge in [-0.15, -0.1) is 0 Å². The first kappa shape index (κ1) is 17.2. The van der Waals surface area contributed by atoms with Crippen molar-refractivity contribution in [2.75, 3.05) is 14.1 Å². The second-order valence-electron chi connectivity index (χ2n) is 6.40. The summed E-state index contributed by atoms with van der Waals surface area (Å²) in [4.78, 5) is 12.2. The van der Waals surface area contributed by atoms with Crippen molar-refractivity contribution in [1.29, 1.82) is 0 Å². The van der Waals surface area contributed by atoms with Gasteiger partial charge in [0.1, 0.15) is 18.3 Å². The van der Waals surface area contributed by atoms with Crippen LogP contribution in [0.3, 0.4) is 0 Å². The molecule has 132 valence electrons. The van der Waals surface area contributed by atoms with Gasteiger partial charge in [0.05, 0.1) is 24.3 Å². The Morgan fingerprint density at radius 1 is 1.09 bits per heavy atom. The lowest BCUT2D eigenvalue weighted by atomic mass is 9.80. The van der Waals surface area contributed by atoms with Gasteiger partial charge in [-0.3, -0.25) is 4.79 Å². The summed E-state index contributed by atoms with van der Waals surface area (Å²) in [5, 5.41) is 37.2. The van der Waals surface area contributed by atoms with Crippen LogP contribution < -0.4 is 10.6 Å². The normalized spacial score (nSPS) is 53.6. The molecule has 1 aliphatic carbocycles. The lowest BCUT2D eigenvalue weighted by Crippen LogP contribution is -2.77. The summed E-state index contributed by atoms with van der Waals surface area (Å²) in [7, 11) is 3.24. The molecule has 2 saturated heterocycles. The van der Waals surface area contributed by atoms with Crippen molar-refractivity contribution in [3.05, 3.63) is 0 Å². The van der Waals surface area contributed by atoms with Crippen LogP contribution in [0.4, 0.5) is 0 Å². The summed E-state index contributed by atoms with van der Waals surface area (Å²) in [5.74, 6) is -2.76. The van der Waals surface area contributed by atoms with Crippen LogP contribution in [0.5, 0.6) is 0 Å². The van der Waals surface area contributed by atoms with Crippen molar-refractivity contribution in [3.63, 3.8) is 0 Å². The van der Waals surface area contributed by atoms with E-state index >= 15 is 0 Å². The predicted molar refractivity (Wildman–Crippen MR) is 76.4 cm³/mol.